The fraction of sp³-hybridized carbons (Fsp3) is 0.333. The minimum atomic E-state index is -1.12. The number of phenolic OH excluding ortho intramolecular Hbond substituents is 2. The third-order valence-corrected chi connectivity index (χ3v) is 5.20. The predicted molar refractivity (Wildman–Crippen MR) is 85.1 cm³/mol. The third kappa shape index (κ3) is 1.50. The quantitative estimate of drug-likeness (QED) is 0.439. The summed E-state index contributed by atoms with van der Waals surface area (Å²) in [5.41, 5.74) is 0.496. The van der Waals surface area contributed by atoms with Crippen molar-refractivity contribution < 1.29 is 29.3 Å². The predicted octanol–water partition coefficient (Wildman–Crippen LogP) is 2.72. The highest BCUT2D eigenvalue weighted by atomic mass is 16.5. The van der Waals surface area contributed by atoms with Gasteiger partial charge in [0.1, 0.15) is 17.6 Å². The molecule has 1 unspecified atom stereocenters. The van der Waals surface area contributed by atoms with Crippen molar-refractivity contribution in [3.05, 3.63) is 22.8 Å². The lowest BCUT2D eigenvalue weighted by atomic mass is 9.78. The molecule has 24 heavy (non-hydrogen) atoms. The van der Waals surface area contributed by atoms with Gasteiger partial charge < -0.3 is 19.7 Å². The smallest absolute Gasteiger partial charge is 0.385 e. The maximum Gasteiger partial charge on any atom is 0.385 e. The first-order chi connectivity index (χ1) is 11.2. The minimum absolute atomic E-state index is 0.116. The van der Waals surface area contributed by atoms with E-state index in [0.717, 1.165) is 0 Å². The minimum Gasteiger partial charge on any atom is -0.507 e. The first-order valence-corrected chi connectivity index (χ1v) is 7.65. The van der Waals surface area contributed by atoms with Crippen LogP contribution in [-0.2, 0) is 10.2 Å². The number of carbonyl (C=O) groups is 2. The lowest BCUT2D eigenvalue weighted by Gasteiger charge is -2.25. The number of hydrogen-bond acceptors (Lipinski definition) is 6. The van der Waals surface area contributed by atoms with E-state index in [0.29, 0.717) is 22.3 Å². The molecule has 0 aliphatic carbocycles. The molecule has 0 saturated carbocycles. The molecule has 0 aromatic heterocycles. The van der Waals surface area contributed by atoms with Crippen molar-refractivity contribution in [1.29, 1.82) is 0 Å². The highest BCUT2D eigenvalue weighted by Crippen LogP contribution is 2.57. The van der Waals surface area contributed by atoms with Gasteiger partial charge in [0.2, 0.25) is 0 Å². The molecular formula is C18H16O6. The first-order valence-electron chi connectivity index (χ1n) is 7.65. The first kappa shape index (κ1) is 14.8. The second kappa shape index (κ2) is 4.20. The Morgan fingerprint density at radius 2 is 1.79 bits per heavy atom. The average Bonchev–Trinajstić information content (AvgIpc) is 2.71. The summed E-state index contributed by atoms with van der Waals surface area (Å²) < 4.78 is 11.0. The van der Waals surface area contributed by atoms with E-state index < -0.39 is 17.2 Å². The maximum absolute atomic E-state index is 12.4. The number of Topliss-reactive ketones (excluding diaryl/α,β-unsaturated/α-hetero) is 1. The number of rotatable bonds is 0. The highest BCUT2D eigenvalue weighted by molar-refractivity contribution is 6.46. The van der Waals surface area contributed by atoms with Crippen molar-refractivity contribution in [2.24, 2.45) is 0 Å². The zero-order valence-corrected chi connectivity index (χ0v) is 13.7. The van der Waals surface area contributed by atoms with Gasteiger partial charge in [0.15, 0.2) is 11.5 Å². The Bertz CT molecular complexity index is 970. The van der Waals surface area contributed by atoms with Gasteiger partial charge in [-0.2, -0.15) is 0 Å². The van der Waals surface area contributed by atoms with Crippen LogP contribution in [0.25, 0.3) is 10.8 Å². The Hall–Kier alpha value is -2.76. The molecule has 1 atom stereocenters. The van der Waals surface area contributed by atoms with Crippen LogP contribution in [0.4, 0.5) is 0 Å². The van der Waals surface area contributed by atoms with Crippen molar-refractivity contribution in [3.8, 4) is 23.0 Å². The van der Waals surface area contributed by atoms with Crippen molar-refractivity contribution >= 4 is 22.5 Å². The van der Waals surface area contributed by atoms with Gasteiger partial charge >= 0.3 is 5.97 Å². The Labute approximate surface area is 137 Å². The number of phenols is 2. The largest absolute Gasteiger partial charge is 0.507 e. The third-order valence-electron chi connectivity index (χ3n) is 5.20. The number of aryl methyl sites for hydroxylation is 1. The second-order valence-corrected chi connectivity index (χ2v) is 6.92. The zero-order valence-electron chi connectivity index (χ0n) is 13.7. The van der Waals surface area contributed by atoms with Crippen LogP contribution in [0.1, 0.15) is 42.3 Å². The SMILES string of the molecule is Cc1cc(O)c2c3c(c(O)c4c(c13)OC(C)C4(C)C)C(=O)C(=O)O2. The maximum atomic E-state index is 12.4. The van der Waals surface area contributed by atoms with Crippen LogP contribution < -0.4 is 9.47 Å². The van der Waals surface area contributed by atoms with Crippen LogP contribution in [0, 0.1) is 6.92 Å². The molecule has 2 aliphatic heterocycles. The van der Waals surface area contributed by atoms with Crippen LogP contribution in [0.3, 0.4) is 0 Å². The van der Waals surface area contributed by atoms with Gasteiger partial charge in [-0.25, -0.2) is 4.79 Å². The molecule has 2 aromatic carbocycles. The van der Waals surface area contributed by atoms with Crippen molar-refractivity contribution in [3.63, 3.8) is 0 Å². The molecular weight excluding hydrogens is 312 g/mol. The van der Waals surface area contributed by atoms with Crippen LogP contribution in [-0.4, -0.2) is 28.1 Å². The van der Waals surface area contributed by atoms with Gasteiger partial charge in [0, 0.05) is 21.8 Å². The van der Waals surface area contributed by atoms with Crippen LogP contribution >= 0.6 is 0 Å². The van der Waals surface area contributed by atoms with Crippen molar-refractivity contribution in [1.82, 2.24) is 0 Å². The molecule has 2 heterocycles. The summed E-state index contributed by atoms with van der Waals surface area (Å²) in [5.74, 6) is -2.23. The van der Waals surface area contributed by atoms with Crippen LogP contribution in [0.2, 0.25) is 0 Å². The molecule has 0 bridgehead atoms. The van der Waals surface area contributed by atoms with Gasteiger partial charge in [-0.05, 0) is 25.5 Å². The van der Waals surface area contributed by atoms with E-state index in [1.807, 2.05) is 20.8 Å². The number of ketones is 1. The molecule has 0 amide bonds. The molecule has 6 nitrogen and oxygen atoms in total. The Morgan fingerprint density at radius 3 is 2.46 bits per heavy atom. The van der Waals surface area contributed by atoms with E-state index in [-0.39, 0.29) is 34.3 Å². The van der Waals surface area contributed by atoms with E-state index in [2.05, 4.69) is 0 Å². The summed E-state index contributed by atoms with van der Waals surface area (Å²) >= 11 is 0. The molecule has 4 rings (SSSR count). The Kier molecular flexibility index (Phi) is 2.59. The van der Waals surface area contributed by atoms with E-state index in [1.165, 1.54) is 6.07 Å². The summed E-state index contributed by atoms with van der Waals surface area (Å²) in [4.78, 5) is 24.3. The number of carbonyl (C=O) groups excluding carboxylic acids is 2. The fourth-order valence-electron chi connectivity index (χ4n) is 3.60. The highest BCUT2D eigenvalue weighted by Gasteiger charge is 2.47. The Morgan fingerprint density at radius 1 is 1.12 bits per heavy atom. The number of ether oxygens (including phenoxy) is 2. The van der Waals surface area contributed by atoms with Crippen LogP contribution in [0.15, 0.2) is 6.07 Å². The molecule has 2 aromatic rings. The van der Waals surface area contributed by atoms with Gasteiger partial charge in [-0.15, -0.1) is 0 Å². The number of hydrogen-bond donors (Lipinski definition) is 2. The molecule has 0 radical (unpaired) electrons. The standard InChI is InChI=1S/C18H16O6/c1-6-5-8(19)15-10-9(6)16-12(18(3,4)7(2)23-16)13(20)11(10)14(21)17(22)24-15/h5,7,19-20H,1-4H3. The van der Waals surface area contributed by atoms with Gasteiger partial charge in [-0.1, -0.05) is 13.8 Å². The molecule has 2 aliphatic rings. The second-order valence-electron chi connectivity index (χ2n) is 6.92. The summed E-state index contributed by atoms with van der Waals surface area (Å²) in [6.45, 7) is 7.46. The molecule has 2 N–H and O–H groups in total. The summed E-state index contributed by atoms with van der Waals surface area (Å²) in [6, 6.07) is 1.46. The normalized spacial score (nSPS) is 20.8. The van der Waals surface area contributed by atoms with E-state index >= 15 is 0 Å². The zero-order chi connectivity index (χ0) is 17.5. The molecule has 0 spiro atoms. The fourth-order valence-corrected chi connectivity index (χ4v) is 3.60. The van der Waals surface area contributed by atoms with E-state index in [9.17, 15) is 19.8 Å². The monoisotopic (exact) mass is 328 g/mol. The molecule has 6 heteroatoms. The van der Waals surface area contributed by atoms with Crippen molar-refractivity contribution in [2.75, 3.05) is 0 Å². The van der Waals surface area contributed by atoms with E-state index in [1.54, 1.807) is 6.92 Å². The average molecular weight is 328 g/mol. The Balaban J connectivity index is 2.30. The topological polar surface area (TPSA) is 93.1 Å². The number of benzene rings is 2. The lowest BCUT2D eigenvalue weighted by Crippen LogP contribution is -2.29. The molecule has 0 fully saturated rings. The van der Waals surface area contributed by atoms with Crippen LogP contribution in [0.5, 0.6) is 23.0 Å². The number of fused-ring (bicyclic) bond motifs is 2. The molecule has 0 saturated heterocycles. The summed E-state index contributed by atoms with van der Waals surface area (Å²) in [5, 5.41) is 21.7. The number of aromatic hydroxyl groups is 2. The lowest BCUT2D eigenvalue weighted by molar-refractivity contribution is -0.129. The molecule has 124 valence electrons. The number of esters is 1. The summed E-state index contributed by atoms with van der Waals surface area (Å²) in [6.07, 6.45) is -0.235. The summed E-state index contributed by atoms with van der Waals surface area (Å²) in [7, 11) is 0. The van der Waals surface area contributed by atoms with Gasteiger partial charge in [0.05, 0.1) is 5.56 Å². The van der Waals surface area contributed by atoms with E-state index in [4.69, 9.17) is 9.47 Å². The van der Waals surface area contributed by atoms with Gasteiger partial charge in [-0.3, -0.25) is 4.79 Å². The van der Waals surface area contributed by atoms with Crippen molar-refractivity contribution in [2.45, 2.75) is 39.2 Å². The van der Waals surface area contributed by atoms with Gasteiger partial charge in [0.25, 0.3) is 5.78 Å².